The van der Waals surface area contributed by atoms with Crippen LogP contribution in [0.4, 0.5) is 4.79 Å². The SMILES string of the molecule is CC[C@@H](NC(=O)OCC1c2ccccc2-c2ccccc21)C(C(=O)O)c1ccccc1. The minimum absolute atomic E-state index is 0.0392. The Labute approximate surface area is 181 Å². The van der Waals surface area contributed by atoms with Gasteiger partial charge < -0.3 is 15.2 Å². The maximum Gasteiger partial charge on any atom is 0.407 e. The Morgan fingerprint density at radius 1 is 0.903 bits per heavy atom. The summed E-state index contributed by atoms with van der Waals surface area (Å²) in [6.45, 7) is 2.05. The largest absolute Gasteiger partial charge is 0.481 e. The van der Waals surface area contributed by atoms with Crippen molar-refractivity contribution >= 4 is 12.1 Å². The Kier molecular flexibility index (Phi) is 6.03. The number of carbonyl (C=O) groups excluding carboxylic acids is 1. The number of alkyl carbamates (subject to hydrolysis) is 1. The lowest BCUT2D eigenvalue weighted by molar-refractivity contribution is -0.139. The Morgan fingerprint density at radius 2 is 1.45 bits per heavy atom. The highest BCUT2D eigenvalue weighted by Gasteiger charge is 2.32. The lowest BCUT2D eigenvalue weighted by Crippen LogP contribution is -2.42. The van der Waals surface area contributed by atoms with E-state index >= 15 is 0 Å². The van der Waals surface area contributed by atoms with E-state index in [-0.39, 0.29) is 12.5 Å². The van der Waals surface area contributed by atoms with Crippen LogP contribution >= 0.6 is 0 Å². The molecule has 1 unspecified atom stereocenters. The molecular formula is C26H25NO4. The van der Waals surface area contributed by atoms with Crippen molar-refractivity contribution in [3.8, 4) is 11.1 Å². The van der Waals surface area contributed by atoms with Gasteiger partial charge in [-0.2, -0.15) is 0 Å². The molecule has 0 bridgehead atoms. The lowest BCUT2D eigenvalue weighted by atomic mass is 9.90. The van der Waals surface area contributed by atoms with Gasteiger partial charge in [-0.15, -0.1) is 0 Å². The molecule has 0 fully saturated rings. The summed E-state index contributed by atoms with van der Waals surface area (Å²) in [5.41, 5.74) is 5.25. The standard InChI is InChI=1S/C26H25NO4/c1-2-23(24(25(28)29)17-10-4-3-5-11-17)27-26(30)31-16-22-20-14-8-6-12-18(20)19-13-7-9-15-21(19)22/h3-15,22-24H,2,16H2,1H3,(H,27,30)(H,28,29)/t23-,24?/m1/s1. The first-order chi connectivity index (χ1) is 15.1. The molecule has 3 aromatic rings. The highest BCUT2D eigenvalue weighted by atomic mass is 16.5. The minimum atomic E-state index is -0.975. The molecule has 1 aliphatic rings. The fourth-order valence-corrected chi connectivity index (χ4v) is 4.42. The summed E-state index contributed by atoms with van der Waals surface area (Å²) >= 11 is 0. The van der Waals surface area contributed by atoms with Crippen LogP contribution in [0.25, 0.3) is 11.1 Å². The molecule has 31 heavy (non-hydrogen) atoms. The number of hydrogen-bond acceptors (Lipinski definition) is 3. The zero-order chi connectivity index (χ0) is 21.8. The van der Waals surface area contributed by atoms with Crippen molar-refractivity contribution in [3.05, 3.63) is 95.6 Å². The summed E-state index contributed by atoms with van der Waals surface area (Å²) in [4.78, 5) is 24.6. The van der Waals surface area contributed by atoms with Crippen LogP contribution in [-0.2, 0) is 9.53 Å². The van der Waals surface area contributed by atoms with Crippen molar-refractivity contribution in [2.24, 2.45) is 0 Å². The number of fused-ring (bicyclic) bond motifs is 3. The van der Waals surface area contributed by atoms with E-state index in [2.05, 4.69) is 29.6 Å². The number of aliphatic carboxylic acids is 1. The summed E-state index contributed by atoms with van der Waals surface area (Å²) in [5.74, 6) is -1.86. The van der Waals surface area contributed by atoms with Gasteiger partial charge in [0.2, 0.25) is 0 Å². The average molecular weight is 415 g/mol. The molecule has 3 aromatic carbocycles. The number of carbonyl (C=O) groups is 2. The molecule has 0 saturated carbocycles. The van der Waals surface area contributed by atoms with E-state index in [0.717, 1.165) is 22.3 Å². The second-order valence-electron chi connectivity index (χ2n) is 7.71. The van der Waals surface area contributed by atoms with Crippen LogP contribution in [0.2, 0.25) is 0 Å². The maximum absolute atomic E-state index is 12.6. The Balaban J connectivity index is 1.47. The third kappa shape index (κ3) is 4.17. The first-order valence-corrected chi connectivity index (χ1v) is 10.5. The monoisotopic (exact) mass is 415 g/mol. The molecule has 5 heteroatoms. The molecular weight excluding hydrogens is 390 g/mol. The molecule has 0 saturated heterocycles. The van der Waals surface area contributed by atoms with E-state index in [9.17, 15) is 14.7 Å². The highest BCUT2D eigenvalue weighted by Crippen LogP contribution is 2.44. The predicted molar refractivity (Wildman–Crippen MR) is 119 cm³/mol. The molecule has 1 amide bonds. The third-order valence-electron chi connectivity index (χ3n) is 5.91. The summed E-state index contributed by atoms with van der Waals surface area (Å²) < 4.78 is 5.59. The molecule has 2 N–H and O–H groups in total. The molecule has 0 spiro atoms. The zero-order valence-electron chi connectivity index (χ0n) is 17.3. The van der Waals surface area contributed by atoms with E-state index < -0.39 is 24.0 Å². The van der Waals surface area contributed by atoms with Gasteiger partial charge in [-0.3, -0.25) is 4.79 Å². The van der Waals surface area contributed by atoms with Crippen molar-refractivity contribution in [1.29, 1.82) is 0 Å². The van der Waals surface area contributed by atoms with Crippen LogP contribution in [-0.4, -0.2) is 29.8 Å². The maximum atomic E-state index is 12.6. The molecule has 2 atom stereocenters. The molecule has 0 aliphatic heterocycles. The number of nitrogens with one attached hydrogen (secondary N) is 1. The van der Waals surface area contributed by atoms with Crippen molar-refractivity contribution in [2.45, 2.75) is 31.2 Å². The van der Waals surface area contributed by atoms with Crippen LogP contribution in [0.15, 0.2) is 78.9 Å². The van der Waals surface area contributed by atoms with E-state index in [1.54, 1.807) is 24.3 Å². The van der Waals surface area contributed by atoms with E-state index in [0.29, 0.717) is 12.0 Å². The molecule has 0 radical (unpaired) electrons. The van der Waals surface area contributed by atoms with Crippen LogP contribution in [0.3, 0.4) is 0 Å². The van der Waals surface area contributed by atoms with Gasteiger partial charge in [-0.25, -0.2) is 4.79 Å². The van der Waals surface area contributed by atoms with Gasteiger partial charge >= 0.3 is 12.1 Å². The van der Waals surface area contributed by atoms with Crippen LogP contribution < -0.4 is 5.32 Å². The van der Waals surface area contributed by atoms with Gasteiger partial charge in [-0.05, 0) is 34.2 Å². The Morgan fingerprint density at radius 3 is 2.00 bits per heavy atom. The number of amides is 1. The van der Waals surface area contributed by atoms with Crippen molar-refractivity contribution in [3.63, 3.8) is 0 Å². The fourth-order valence-electron chi connectivity index (χ4n) is 4.42. The normalized spacial score (nSPS) is 14.2. The number of hydrogen-bond donors (Lipinski definition) is 2. The van der Waals surface area contributed by atoms with Crippen molar-refractivity contribution in [2.75, 3.05) is 6.61 Å². The molecule has 0 heterocycles. The number of ether oxygens (including phenoxy) is 1. The van der Waals surface area contributed by atoms with Gasteiger partial charge in [0.15, 0.2) is 0 Å². The van der Waals surface area contributed by atoms with Gasteiger partial charge in [0.25, 0.3) is 0 Å². The fraction of sp³-hybridized carbons (Fsp3) is 0.231. The van der Waals surface area contributed by atoms with Crippen LogP contribution in [0.1, 0.15) is 41.9 Å². The van der Waals surface area contributed by atoms with E-state index in [1.807, 2.05) is 37.3 Å². The molecule has 158 valence electrons. The topological polar surface area (TPSA) is 75.6 Å². The second-order valence-corrected chi connectivity index (χ2v) is 7.71. The van der Waals surface area contributed by atoms with Gasteiger partial charge in [0.1, 0.15) is 12.5 Å². The number of rotatable bonds is 7. The summed E-state index contributed by atoms with van der Waals surface area (Å²) in [7, 11) is 0. The molecule has 0 aromatic heterocycles. The molecule has 1 aliphatic carbocycles. The Bertz CT molecular complexity index is 1030. The van der Waals surface area contributed by atoms with E-state index in [1.165, 1.54) is 0 Å². The van der Waals surface area contributed by atoms with Gasteiger partial charge in [0, 0.05) is 12.0 Å². The van der Waals surface area contributed by atoms with Gasteiger partial charge in [0.05, 0.1) is 0 Å². The minimum Gasteiger partial charge on any atom is -0.481 e. The van der Waals surface area contributed by atoms with E-state index in [4.69, 9.17) is 4.74 Å². The lowest BCUT2D eigenvalue weighted by Gasteiger charge is -2.24. The van der Waals surface area contributed by atoms with Gasteiger partial charge in [-0.1, -0.05) is 85.8 Å². The number of carboxylic acids is 1. The van der Waals surface area contributed by atoms with Crippen LogP contribution in [0, 0.1) is 0 Å². The quantitative estimate of drug-likeness (QED) is 0.558. The Hall–Kier alpha value is -3.60. The third-order valence-corrected chi connectivity index (χ3v) is 5.91. The highest BCUT2D eigenvalue weighted by molar-refractivity contribution is 5.80. The number of benzene rings is 3. The summed E-state index contributed by atoms with van der Waals surface area (Å²) in [6, 6.07) is 24.7. The van der Waals surface area contributed by atoms with Crippen molar-refractivity contribution < 1.29 is 19.4 Å². The average Bonchev–Trinajstić information content (AvgIpc) is 3.11. The predicted octanol–water partition coefficient (Wildman–Crippen LogP) is 5.17. The second kappa shape index (κ2) is 9.04. The van der Waals surface area contributed by atoms with Crippen molar-refractivity contribution in [1.82, 2.24) is 5.32 Å². The molecule has 5 nitrogen and oxygen atoms in total. The number of carboxylic acid groups (broad SMARTS) is 1. The summed E-state index contributed by atoms with van der Waals surface area (Å²) in [6.07, 6.45) is -0.133. The zero-order valence-corrected chi connectivity index (χ0v) is 17.3. The first kappa shape index (κ1) is 20.7. The summed E-state index contributed by atoms with van der Waals surface area (Å²) in [5, 5.41) is 12.5. The molecule has 4 rings (SSSR count). The first-order valence-electron chi connectivity index (χ1n) is 10.5. The smallest absolute Gasteiger partial charge is 0.407 e. The van der Waals surface area contributed by atoms with Crippen LogP contribution in [0.5, 0.6) is 0 Å².